The highest BCUT2D eigenvalue weighted by molar-refractivity contribution is 6.55. The Labute approximate surface area is 248 Å². The van der Waals surface area contributed by atoms with Crippen LogP contribution < -0.4 is 29.4 Å². The smallest absolute Gasteiger partial charge is 0.349 e. The number of carbonyl (C=O) groups excluding carboxylic acids is 1. The largest absolute Gasteiger partial charge is 0.497 e. The summed E-state index contributed by atoms with van der Waals surface area (Å²) in [6.07, 6.45) is 0. The molecule has 0 saturated heterocycles. The van der Waals surface area contributed by atoms with Crippen LogP contribution in [0.5, 0.6) is 28.7 Å². The molecular formula is C26H17Cl5N2O6. The van der Waals surface area contributed by atoms with Crippen LogP contribution in [0.1, 0.15) is 17.0 Å². The highest BCUT2D eigenvalue weighted by atomic mass is 35.5. The van der Waals surface area contributed by atoms with E-state index in [1.165, 1.54) is 26.4 Å². The van der Waals surface area contributed by atoms with E-state index in [4.69, 9.17) is 87.4 Å². The first kappa shape index (κ1) is 28.8. The fraction of sp³-hybridized carbons (Fsp3) is 0.154. The lowest BCUT2D eigenvalue weighted by Crippen LogP contribution is -2.22. The Bertz CT molecular complexity index is 1520. The minimum atomic E-state index is -0.797. The maximum atomic E-state index is 12.5. The van der Waals surface area contributed by atoms with Gasteiger partial charge in [-0.3, -0.25) is 0 Å². The van der Waals surface area contributed by atoms with Gasteiger partial charge in [-0.05, 0) is 12.1 Å². The number of hydrogen-bond acceptors (Lipinski definition) is 8. The standard InChI is InChI=1S/C26H17Cl5N2O6/c1-35-11-3-5-13(16(7-11)36-2)19-14-6-4-12(8-17(14)39-26(33)15(19)9-32)38-18(34)10-37-25-23(30)21(28)20(27)22(29)24(25)31/h3-8,19H,10,33H2,1-2H3. The van der Waals surface area contributed by atoms with Gasteiger partial charge in [-0.25, -0.2) is 4.79 Å². The maximum Gasteiger partial charge on any atom is 0.349 e. The topological polar surface area (TPSA) is 113 Å². The minimum absolute atomic E-state index is 0.0456. The van der Waals surface area contributed by atoms with Crippen LogP contribution in [0.2, 0.25) is 25.1 Å². The van der Waals surface area contributed by atoms with Crippen molar-refractivity contribution in [2.24, 2.45) is 5.73 Å². The van der Waals surface area contributed by atoms with Crippen molar-refractivity contribution in [1.29, 1.82) is 5.26 Å². The molecule has 0 aromatic heterocycles. The van der Waals surface area contributed by atoms with E-state index in [1.807, 2.05) is 0 Å². The van der Waals surface area contributed by atoms with Gasteiger partial charge in [0, 0.05) is 23.3 Å². The van der Waals surface area contributed by atoms with Gasteiger partial charge in [0.1, 0.15) is 44.7 Å². The maximum absolute atomic E-state index is 12.5. The van der Waals surface area contributed by atoms with Crippen LogP contribution in [0.4, 0.5) is 0 Å². The third-order valence-corrected chi connectivity index (χ3v) is 7.92. The highest BCUT2D eigenvalue weighted by Gasteiger charge is 2.33. The number of rotatable bonds is 7. The summed E-state index contributed by atoms with van der Waals surface area (Å²) in [5, 5.41) is 9.42. The molecule has 1 aliphatic heterocycles. The number of fused-ring (bicyclic) bond motifs is 1. The molecule has 1 atom stereocenters. The van der Waals surface area contributed by atoms with Gasteiger partial charge in [0.15, 0.2) is 12.4 Å². The molecule has 1 aliphatic rings. The summed E-state index contributed by atoms with van der Waals surface area (Å²) in [5.41, 5.74) is 7.55. The number of allylic oxidation sites excluding steroid dienone is 1. The number of methoxy groups -OCH3 is 2. The summed E-state index contributed by atoms with van der Waals surface area (Å²) in [5.74, 6) is -0.162. The molecule has 0 amide bonds. The van der Waals surface area contributed by atoms with Crippen molar-refractivity contribution in [2.45, 2.75) is 5.92 Å². The summed E-state index contributed by atoms with van der Waals surface area (Å²) in [4.78, 5) is 12.5. The first-order chi connectivity index (χ1) is 18.6. The second-order valence-corrected chi connectivity index (χ2v) is 9.78. The van der Waals surface area contributed by atoms with E-state index in [2.05, 4.69) is 6.07 Å². The van der Waals surface area contributed by atoms with E-state index in [0.29, 0.717) is 22.6 Å². The lowest BCUT2D eigenvalue weighted by atomic mass is 9.83. The van der Waals surface area contributed by atoms with E-state index < -0.39 is 18.5 Å². The molecule has 0 spiro atoms. The summed E-state index contributed by atoms with van der Waals surface area (Å²) in [7, 11) is 3.04. The fourth-order valence-electron chi connectivity index (χ4n) is 3.88. The molecule has 13 heteroatoms. The predicted molar refractivity (Wildman–Crippen MR) is 148 cm³/mol. The van der Waals surface area contributed by atoms with Gasteiger partial charge in [-0.1, -0.05) is 70.1 Å². The van der Waals surface area contributed by atoms with Crippen molar-refractivity contribution >= 4 is 64.0 Å². The molecule has 1 unspecified atom stereocenters. The zero-order valence-electron chi connectivity index (χ0n) is 20.1. The molecule has 0 aliphatic carbocycles. The van der Waals surface area contributed by atoms with Crippen molar-refractivity contribution in [1.82, 2.24) is 0 Å². The van der Waals surface area contributed by atoms with Crippen molar-refractivity contribution in [3.05, 3.63) is 84.1 Å². The molecule has 2 N–H and O–H groups in total. The van der Waals surface area contributed by atoms with Crippen molar-refractivity contribution < 1.29 is 28.5 Å². The molecule has 0 saturated carbocycles. The quantitative estimate of drug-likeness (QED) is 0.127. The zero-order valence-corrected chi connectivity index (χ0v) is 23.9. The third kappa shape index (κ3) is 5.60. The average molecular weight is 631 g/mol. The van der Waals surface area contributed by atoms with Crippen LogP contribution in [0, 0.1) is 11.3 Å². The second kappa shape index (κ2) is 11.9. The number of ether oxygens (including phenoxy) is 5. The fourth-order valence-corrected chi connectivity index (χ4v) is 5.11. The van der Waals surface area contributed by atoms with Crippen LogP contribution in [0.15, 0.2) is 47.9 Å². The monoisotopic (exact) mass is 628 g/mol. The van der Waals surface area contributed by atoms with Gasteiger partial charge in [0.05, 0.1) is 35.2 Å². The normalized spacial score (nSPS) is 14.2. The van der Waals surface area contributed by atoms with Crippen LogP contribution >= 0.6 is 58.0 Å². The SMILES string of the molecule is COc1ccc(C2C(C#N)=C(N)Oc3cc(OC(=O)COc4c(Cl)c(Cl)c(Cl)c(Cl)c4Cl)ccc32)c(OC)c1. The van der Waals surface area contributed by atoms with Gasteiger partial charge in [0.2, 0.25) is 5.88 Å². The molecule has 202 valence electrons. The van der Waals surface area contributed by atoms with Gasteiger partial charge in [-0.2, -0.15) is 5.26 Å². The highest BCUT2D eigenvalue weighted by Crippen LogP contribution is 2.49. The number of hydrogen-bond donors (Lipinski definition) is 1. The molecule has 0 radical (unpaired) electrons. The lowest BCUT2D eigenvalue weighted by Gasteiger charge is -2.27. The Hall–Kier alpha value is -3.19. The predicted octanol–water partition coefficient (Wildman–Crippen LogP) is 7.17. The number of carbonyl (C=O) groups is 1. The van der Waals surface area contributed by atoms with Gasteiger partial charge < -0.3 is 29.4 Å². The number of benzene rings is 3. The molecule has 0 fully saturated rings. The number of nitriles is 1. The summed E-state index contributed by atoms with van der Waals surface area (Å²) in [6.45, 7) is -0.585. The van der Waals surface area contributed by atoms with Gasteiger partial charge in [0.25, 0.3) is 0 Å². The molecule has 3 aromatic carbocycles. The van der Waals surface area contributed by atoms with E-state index in [-0.39, 0.29) is 53.8 Å². The molecule has 39 heavy (non-hydrogen) atoms. The molecule has 4 rings (SSSR count). The van der Waals surface area contributed by atoms with Crippen molar-refractivity contribution in [2.75, 3.05) is 20.8 Å². The molecule has 8 nitrogen and oxygen atoms in total. The lowest BCUT2D eigenvalue weighted by molar-refractivity contribution is -0.136. The molecule has 3 aromatic rings. The Morgan fingerprint density at radius 3 is 2.15 bits per heavy atom. The molecule has 0 bridgehead atoms. The first-order valence-electron chi connectivity index (χ1n) is 10.9. The zero-order chi connectivity index (χ0) is 28.4. The number of halogens is 5. The van der Waals surface area contributed by atoms with Crippen LogP contribution in [0.3, 0.4) is 0 Å². The van der Waals surface area contributed by atoms with E-state index >= 15 is 0 Å². The van der Waals surface area contributed by atoms with Crippen LogP contribution in [-0.2, 0) is 4.79 Å². The van der Waals surface area contributed by atoms with Gasteiger partial charge >= 0.3 is 5.97 Å². The summed E-state index contributed by atoms with van der Waals surface area (Å²) >= 11 is 30.3. The van der Waals surface area contributed by atoms with Crippen LogP contribution in [0.25, 0.3) is 0 Å². The molecule has 1 heterocycles. The Morgan fingerprint density at radius 1 is 0.923 bits per heavy atom. The van der Waals surface area contributed by atoms with E-state index in [1.54, 1.807) is 24.3 Å². The van der Waals surface area contributed by atoms with E-state index in [9.17, 15) is 10.1 Å². The van der Waals surface area contributed by atoms with Crippen molar-refractivity contribution in [3.8, 4) is 34.8 Å². The average Bonchev–Trinajstić information content (AvgIpc) is 2.93. The minimum Gasteiger partial charge on any atom is -0.497 e. The van der Waals surface area contributed by atoms with E-state index in [0.717, 1.165) is 0 Å². The summed E-state index contributed by atoms with van der Waals surface area (Å²) < 4.78 is 27.3. The number of esters is 1. The first-order valence-corrected chi connectivity index (χ1v) is 12.8. The van der Waals surface area contributed by atoms with Crippen molar-refractivity contribution in [3.63, 3.8) is 0 Å². The van der Waals surface area contributed by atoms with Gasteiger partial charge in [-0.15, -0.1) is 0 Å². The summed E-state index contributed by atoms with van der Waals surface area (Å²) in [6, 6.07) is 12.0. The second-order valence-electron chi connectivity index (χ2n) is 7.89. The third-order valence-electron chi connectivity index (χ3n) is 5.68. The molecular weight excluding hydrogens is 614 g/mol. The Kier molecular flexibility index (Phi) is 8.80. The number of nitrogens with two attached hydrogens (primary N) is 1. The Morgan fingerprint density at radius 2 is 1.54 bits per heavy atom. The number of nitrogens with zero attached hydrogens (tertiary/aromatic N) is 1. The van der Waals surface area contributed by atoms with Crippen LogP contribution in [-0.4, -0.2) is 26.8 Å². The Balaban J connectivity index is 1.59.